The summed E-state index contributed by atoms with van der Waals surface area (Å²) in [6.45, 7) is 1.23. The minimum atomic E-state index is -5.59. The molecule has 0 aliphatic carbocycles. The highest BCUT2D eigenvalue weighted by molar-refractivity contribution is 5.32. The van der Waals surface area contributed by atoms with Crippen LogP contribution in [0.1, 0.15) is 5.56 Å². The molecule has 1 rings (SSSR count). The number of anilines is 1. The number of hydrogen-bond donors (Lipinski definition) is 1. The number of nitrogens with zero attached hydrogens (tertiary/aromatic N) is 2. The molecule has 0 aromatic carbocycles. The Morgan fingerprint density at radius 1 is 1.16 bits per heavy atom. The van der Waals surface area contributed by atoms with Gasteiger partial charge in [0.15, 0.2) is 0 Å². The van der Waals surface area contributed by atoms with Gasteiger partial charge in [-0.2, -0.15) is 31.3 Å². The molecule has 0 saturated carbocycles. The predicted molar refractivity (Wildman–Crippen MR) is 52.8 cm³/mol. The Hall–Kier alpha value is -1.74. The van der Waals surface area contributed by atoms with E-state index in [2.05, 4.69) is 20.0 Å². The third-order valence-electron chi connectivity index (χ3n) is 1.97. The van der Waals surface area contributed by atoms with Crippen LogP contribution in [0, 0.1) is 6.92 Å². The number of aromatic nitrogens is 2. The number of nitrogens with one attached hydrogen (secondary N) is 1. The Morgan fingerprint density at radius 3 is 2.11 bits per heavy atom. The van der Waals surface area contributed by atoms with Gasteiger partial charge in [0.05, 0.1) is 0 Å². The van der Waals surface area contributed by atoms with Crippen molar-refractivity contribution in [3.05, 3.63) is 11.8 Å². The summed E-state index contributed by atoms with van der Waals surface area (Å²) < 4.78 is 77.8. The maximum atomic E-state index is 12.3. The fraction of sp³-hybridized carbons (Fsp3) is 0.556. The second kappa shape index (κ2) is 5.10. The first-order chi connectivity index (χ1) is 8.55. The first-order valence-corrected chi connectivity index (χ1v) is 4.87. The molecule has 108 valence electrons. The van der Waals surface area contributed by atoms with Crippen molar-refractivity contribution in [3.8, 4) is 5.88 Å². The molecule has 0 unspecified atom stereocenters. The van der Waals surface area contributed by atoms with Crippen molar-refractivity contribution in [1.29, 1.82) is 0 Å². The van der Waals surface area contributed by atoms with Gasteiger partial charge < -0.3 is 10.1 Å². The number of hydrogen-bond acceptors (Lipinski definition) is 4. The van der Waals surface area contributed by atoms with Gasteiger partial charge in [-0.3, -0.25) is 0 Å². The van der Waals surface area contributed by atoms with Crippen molar-refractivity contribution >= 4 is 5.95 Å². The highest BCUT2D eigenvalue weighted by Gasteiger charge is 2.59. The van der Waals surface area contributed by atoms with Gasteiger partial charge in [-0.05, 0) is 6.92 Å². The number of ether oxygens (including phenoxy) is 1. The van der Waals surface area contributed by atoms with Crippen LogP contribution in [-0.2, 0) is 0 Å². The van der Waals surface area contributed by atoms with Gasteiger partial charge in [0.25, 0.3) is 6.10 Å². The van der Waals surface area contributed by atoms with Crippen molar-refractivity contribution in [1.82, 2.24) is 9.97 Å². The maximum Gasteiger partial charge on any atom is 0.434 e. The molecule has 0 aliphatic heterocycles. The molecule has 1 N–H and O–H groups in total. The van der Waals surface area contributed by atoms with E-state index < -0.39 is 24.3 Å². The van der Waals surface area contributed by atoms with Gasteiger partial charge in [-0.1, -0.05) is 0 Å². The molecule has 1 aromatic heterocycles. The fourth-order valence-corrected chi connectivity index (χ4v) is 1.10. The summed E-state index contributed by atoms with van der Waals surface area (Å²) in [4.78, 5) is 7.04. The first kappa shape index (κ1) is 15.3. The van der Waals surface area contributed by atoms with E-state index in [1.807, 2.05) is 0 Å². The molecule has 0 fully saturated rings. The molecule has 10 heteroatoms. The molecule has 0 bridgehead atoms. The van der Waals surface area contributed by atoms with E-state index in [0.29, 0.717) is 0 Å². The van der Waals surface area contributed by atoms with Crippen LogP contribution in [0.5, 0.6) is 5.88 Å². The van der Waals surface area contributed by atoms with Crippen LogP contribution < -0.4 is 10.1 Å². The minimum Gasteiger partial charge on any atom is -0.454 e. The van der Waals surface area contributed by atoms with Crippen LogP contribution in [0.3, 0.4) is 0 Å². The zero-order valence-corrected chi connectivity index (χ0v) is 9.73. The van der Waals surface area contributed by atoms with E-state index in [1.165, 1.54) is 14.0 Å². The van der Waals surface area contributed by atoms with Gasteiger partial charge in [0, 0.05) is 18.8 Å². The van der Waals surface area contributed by atoms with Crippen LogP contribution in [-0.4, -0.2) is 35.5 Å². The van der Waals surface area contributed by atoms with Crippen molar-refractivity contribution < 1.29 is 31.1 Å². The largest absolute Gasteiger partial charge is 0.454 e. The van der Waals surface area contributed by atoms with E-state index in [0.717, 1.165) is 6.20 Å². The lowest BCUT2D eigenvalue weighted by molar-refractivity contribution is -0.300. The second-order valence-electron chi connectivity index (χ2n) is 3.51. The Bertz CT molecular complexity index is 431. The van der Waals surface area contributed by atoms with Crippen molar-refractivity contribution in [2.75, 3.05) is 12.4 Å². The Kier molecular flexibility index (Phi) is 4.11. The van der Waals surface area contributed by atoms with E-state index in [1.54, 1.807) is 0 Å². The molecule has 0 saturated heterocycles. The average Bonchev–Trinajstić information content (AvgIpc) is 2.24. The molecule has 0 amide bonds. The number of halogens is 6. The fourth-order valence-electron chi connectivity index (χ4n) is 1.10. The maximum absolute atomic E-state index is 12.3. The number of rotatable bonds is 3. The zero-order valence-electron chi connectivity index (χ0n) is 9.73. The average molecular weight is 289 g/mol. The van der Waals surface area contributed by atoms with Crippen LogP contribution >= 0.6 is 0 Å². The van der Waals surface area contributed by atoms with E-state index in [4.69, 9.17) is 0 Å². The highest BCUT2D eigenvalue weighted by atomic mass is 19.4. The quantitative estimate of drug-likeness (QED) is 0.869. The van der Waals surface area contributed by atoms with E-state index >= 15 is 0 Å². The lowest BCUT2D eigenvalue weighted by atomic mass is 10.3. The van der Waals surface area contributed by atoms with Crippen LogP contribution in [0.2, 0.25) is 0 Å². The topological polar surface area (TPSA) is 47.0 Å². The van der Waals surface area contributed by atoms with Crippen LogP contribution in [0.15, 0.2) is 6.20 Å². The summed E-state index contributed by atoms with van der Waals surface area (Å²) in [5, 5.41) is 2.38. The third-order valence-corrected chi connectivity index (χ3v) is 1.97. The number of alkyl halides is 6. The van der Waals surface area contributed by atoms with E-state index in [9.17, 15) is 26.3 Å². The molecule has 0 atom stereocenters. The smallest absolute Gasteiger partial charge is 0.434 e. The lowest BCUT2D eigenvalue weighted by Crippen LogP contribution is -2.46. The van der Waals surface area contributed by atoms with Gasteiger partial charge in [0.2, 0.25) is 11.8 Å². The first-order valence-electron chi connectivity index (χ1n) is 4.87. The highest BCUT2D eigenvalue weighted by Crippen LogP contribution is 2.36. The molecular formula is C9H9F6N3O. The van der Waals surface area contributed by atoms with Gasteiger partial charge >= 0.3 is 12.4 Å². The van der Waals surface area contributed by atoms with E-state index in [-0.39, 0.29) is 11.5 Å². The Balaban J connectivity index is 3.10. The molecule has 0 radical (unpaired) electrons. The number of aryl methyl sites for hydroxylation is 1. The van der Waals surface area contributed by atoms with Gasteiger partial charge in [-0.25, -0.2) is 4.98 Å². The minimum absolute atomic E-state index is 0.0440. The Labute approximate surface area is 103 Å². The molecule has 0 aliphatic rings. The van der Waals surface area contributed by atoms with Gasteiger partial charge in [-0.15, -0.1) is 0 Å². The monoisotopic (exact) mass is 289 g/mol. The van der Waals surface area contributed by atoms with Crippen molar-refractivity contribution in [2.45, 2.75) is 25.4 Å². The summed E-state index contributed by atoms with van der Waals surface area (Å²) in [5.74, 6) is -0.928. The summed E-state index contributed by atoms with van der Waals surface area (Å²) in [7, 11) is 1.36. The van der Waals surface area contributed by atoms with Gasteiger partial charge in [0.1, 0.15) is 0 Å². The normalized spacial score (nSPS) is 12.7. The molecular weight excluding hydrogens is 280 g/mol. The summed E-state index contributed by atoms with van der Waals surface area (Å²) in [5.41, 5.74) is -0.0440. The Morgan fingerprint density at radius 2 is 1.68 bits per heavy atom. The van der Waals surface area contributed by atoms with Crippen LogP contribution in [0.25, 0.3) is 0 Å². The molecule has 4 nitrogen and oxygen atoms in total. The molecule has 0 spiro atoms. The summed E-state index contributed by atoms with van der Waals surface area (Å²) in [6.07, 6.45) is -14.1. The van der Waals surface area contributed by atoms with Crippen LogP contribution in [0.4, 0.5) is 32.3 Å². The SMILES string of the molecule is CNc1ncc(C)c(OC(C(F)(F)F)C(F)(F)F)n1. The second-order valence-corrected chi connectivity index (χ2v) is 3.51. The lowest BCUT2D eigenvalue weighted by Gasteiger charge is -2.23. The molecule has 1 heterocycles. The standard InChI is InChI=1S/C9H9F6N3O/c1-4-3-17-7(16-2)18-5(4)19-6(8(10,11)12)9(13,14)15/h3,6H,1-2H3,(H,16,17,18). The zero-order chi connectivity index (χ0) is 14.8. The molecule has 1 aromatic rings. The summed E-state index contributed by atoms with van der Waals surface area (Å²) >= 11 is 0. The third kappa shape index (κ3) is 3.86. The predicted octanol–water partition coefficient (Wildman–Crippen LogP) is 2.70. The van der Waals surface area contributed by atoms with Crippen molar-refractivity contribution in [2.24, 2.45) is 0 Å². The molecule has 19 heavy (non-hydrogen) atoms. The van der Waals surface area contributed by atoms with Crippen molar-refractivity contribution in [3.63, 3.8) is 0 Å². The summed E-state index contributed by atoms with van der Waals surface area (Å²) in [6, 6.07) is 0.